The number of aryl methyl sites for hydroxylation is 1. The number of hydrogen-bond acceptors (Lipinski definition) is 3. The van der Waals surface area contributed by atoms with Crippen molar-refractivity contribution in [2.24, 2.45) is 11.3 Å². The summed E-state index contributed by atoms with van der Waals surface area (Å²) in [5.41, 5.74) is 1.14. The van der Waals surface area contributed by atoms with Gasteiger partial charge in [-0.2, -0.15) is 13.2 Å². The molecule has 3 atom stereocenters. The lowest BCUT2D eigenvalue weighted by molar-refractivity contribution is -0.140. The first-order valence-electron chi connectivity index (χ1n) is 13.9. The lowest BCUT2D eigenvalue weighted by Gasteiger charge is -2.37. The smallest absolute Gasteiger partial charge is 0.365 e. The minimum Gasteiger partial charge on any atom is -0.365 e. The maximum absolute atomic E-state index is 14.2. The van der Waals surface area contributed by atoms with E-state index in [-0.39, 0.29) is 35.8 Å². The molecule has 2 heterocycles. The zero-order valence-corrected chi connectivity index (χ0v) is 21.9. The van der Waals surface area contributed by atoms with Crippen molar-refractivity contribution in [2.45, 2.75) is 102 Å². The molecular formula is C30H38F3N3O. The highest BCUT2D eigenvalue weighted by Crippen LogP contribution is 2.57. The van der Waals surface area contributed by atoms with E-state index in [1.54, 1.807) is 6.92 Å². The van der Waals surface area contributed by atoms with Crippen LogP contribution in [0.15, 0.2) is 42.5 Å². The Hall–Kier alpha value is -2.57. The van der Waals surface area contributed by atoms with Gasteiger partial charge >= 0.3 is 6.18 Å². The summed E-state index contributed by atoms with van der Waals surface area (Å²) >= 11 is 0. The number of carbonyl (C=O) groups is 1. The molecule has 4 nitrogen and oxygen atoms in total. The molecule has 5 rings (SSSR count). The molecule has 37 heavy (non-hydrogen) atoms. The molecular weight excluding hydrogens is 475 g/mol. The first kappa shape index (κ1) is 26.1. The van der Waals surface area contributed by atoms with Gasteiger partial charge in [-0.15, -0.1) is 0 Å². The van der Waals surface area contributed by atoms with E-state index in [2.05, 4.69) is 22.1 Å². The second-order valence-electron chi connectivity index (χ2n) is 11.5. The number of anilines is 1. The molecule has 3 unspecified atom stereocenters. The Morgan fingerprint density at radius 1 is 1.11 bits per heavy atom. The van der Waals surface area contributed by atoms with Gasteiger partial charge in [0.15, 0.2) is 0 Å². The molecule has 1 N–H and O–H groups in total. The number of nitrogens with zero attached hydrogens (tertiary/aromatic N) is 2. The van der Waals surface area contributed by atoms with Crippen molar-refractivity contribution in [2.75, 3.05) is 5.32 Å². The van der Waals surface area contributed by atoms with Crippen LogP contribution in [0.5, 0.6) is 0 Å². The van der Waals surface area contributed by atoms with Crippen LogP contribution >= 0.6 is 0 Å². The molecule has 3 aliphatic rings. The maximum Gasteiger partial charge on any atom is 0.416 e. The number of alkyl halides is 3. The van der Waals surface area contributed by atoms with Gasteiger partial charge in [-0.25, -0.2) is 4.98 Å². The molecule has 1 saturated heterocycles. The summed E-state index contributed by atoms with van der Waals surface area (Å²) in [6.07, 6.45) is 5.98. The predicted molar refractivity (Wildman–Crippen MR) is 139 cm³/mol. The third-order valence-electron chi connectivity index (χ3n) is 8.85. The number of benzene rings is 1. The second kappa shape index (κ2) is 10.3. The minimum absolute atomic E-state index is 0.0363. The number of carbonyl (C=O) groups excluding carboxylic acids is 1. The predicted octanol–water partition coefficient (Wildman–Crippen LogP) is 7.69. The SMILES string of the molecule is CCCCC1CC(Nc2cc(C(F)(F)F)cc(C)n2)C(c2ccccc2)N1C(=O)C1CCC2(CC1)CC2. The van der Waals surface area contributed by atoms with E-state index in [0.29, 0.717) is 17.5 Å². The molecule has 7 heteroatoms. The molecule has 1 aromatic carbocycles. The second-order valence-corrected chi connectivity index (χ2v) is 11.5. The fraction of sp³-hybridized carbons (Fsp3) is 0.600. The van der Waals surface area contributed by atoms with Crippen LogP contribution in [0.3, 0.4) is 0 Å². The summed E-state index contributed by atoms with van der Waals surface area (Å²) in [5, 5.41) is 3.36. The summed E-state index contributed by atoms with van der Waals surface area (Å²) in [6.45, 7) is 3.73. The van der Waals surface area contributed by atoms with E-state index in [1.807, 2.05) is 30.3 Å². The number of halogens is 3. The molecule has 200 valence electrons. The molecule has 1 aromatic heterocycles. The molecule has 2 aromatic rings. The molecule has 1 spiro atoms. The quantitative estimate of drug-likeness (QED) is 0.413. The molecule has 2 aliphatic carbocycles. The van der Waals surface area contributed by atoms with Crippen LogP contribution in [0.1, 0.15) is 94.0 Å². The average molecular weight is 514 g/mol. The van der Waals surface area contributed by atoms with Gasteiger partial charge in [0.05, 0.1) is 17.6 Å². The fourth-order valence-corrected chi connectivity index (χ4v) is 6.61. The van der Waals surface area contributed by atoms with E-state index in [0.717, 1.165) is 62.6 Å². The zero-order chi connectivity index (χ0) is 26.2. The molecule has 1 amide bonds. The van der Waals surface area contributed by atoms with Crippen molar-refractivity contribution in [3.63, 3.8) is 0 Å². The molecule has 2 saturated carbocycles. The molecule has 0 radical (unpaired) electrons. The van der Waals surface area contributed by atoms with Crippen LogP contribution in [-0.2, 0) is 11.0 Å². The molecule has 3 fully saturated rings. The van der Waals surface area contributed by atoms with Crippen molar-refractivity contribution >= 4 is 11.7 Å². The number of hydrogen-bond donors (Lipinski definition) is 1. The Kier molecular flexibility index (Phi) is 7.25. The van der Waals surface area contributed by atoms with E-state index in [4.69, 9.17) is 0 Å². The normalized spacial score (nSPS) is 25.4. The van der Waals surface area contributed by atoms with Gasteiger partial charge < -0.3 is 10.2 Å². The summed E-state index contributed by atoms with van der Waals surface area (Å²) in [4.78, 5) is 20.7. The number of pyridine rings is 1. The Labute approximate surface area is 218 Å². The Morgan fingerprint density at radius 2 is 1.81 bits per heavy atom. The Morgan fingerprint density at radius 3 is 2.43 bits per heavy atom. The Bertz CT molecular complexity index is 1090. The number of likely N-dealkylation sites (tertiary alicyclic amines) is 1. The standard InChI is InChI=1S/C30H38F3N3O/c1-3-4-10-24-19-25(35-26-18-23(30(31,32)33)17-20(2)34-26)27(21-8-6-5-7-9-21)36(24)28(37)22-11-13-29(14-12-22)15-16-29/h5-9,17-18,22,24-25,27H,3-4,10-16,19H2,1-2H3,(H,34,35). The fourth-order valence-electron chi connectivity index (χ4n) is 6.61. The summed E-state index contributed by atoms with van der Waals surface area (Å²) in [5.74, 6) is 0.479. The maximum atomic E-state index is 14.2. The Balaban J connectivity index is 1.46. The topological polar surface area (TPSA) is 45.2 Å². The average Bonchev–Trinajstić information content (AvgIpc) is 3.53. The number of amides is 1. The lowest BCUT2D eigenvalue weighted by Crippen LogP contribution is -2.43. The minimum atomic E-state index is -4.44. The lowest BCUT2D eigenvalue weighted by atomic mass is 9.79. The van der Waals surface area contributed by atoms with Crippen molar-refractivity contribution in [1.29, 1.82) is 0 Å². The van der Waals surface area contributed by atoms with E-state index in [9.17, 15) is 18.0 Å². The number of rotatable bonds is 7. The molecule has 0 bridgehead atoms. The van der Waals surface area contributed by atoms with Crippen molar-refractivity contribution in [1.82, 2.24) is 9.88 Å². The number of nitrogens with one attached hydrogen (secondary N) is 1. The number of aromatic nitrogens is 1. The summed E-state index contributed by atoms with van der Waals surface area (Å²) in [6, 6.07) is 11.7. The van der Waals surface area contributed by atoms with Crippen molar-refractivity contribution < 1.29 is 18.0 Å². The van der Waals surface area contributed by atoms with Gasteiger partial charge in [-0.05, 0) is 81.4 Å². The van der Waals surface area contributed by atoms with Crippen LogP contribution in [0.2, 0.25) is 0 Å². The van der Waals surface area contributed by atoms with Gasteiger partial charge in [0.1, 0.15) is 5.82 Å². The van der Waals surface area contributed by atoms with Crippen LogP contribution in [0.25, 0.3) is 0 Å². The largest absolute Gasteiger partial charge is 0.416 e. The monoisotopic (exact) mass is 513 g/mol. The van der Waals surface area contributed by atoms with Gasteiger partial charge in [-0.1, -0.05) is 50.1 Å². The van der Waals surface area contributed by atoms with E-state index >= 15 is 0 Å². The van der Waals surface area contributed by atoms with Crippen LogP contribution < -0.4 is 5.32 Å². The van der Waals surface area contributed by atoms with Crippen molar-refractivity contribution in [3.8, 4) is 0 Å². The number of unbranched alkanes of at least 4 members (excludes halogenated alkanes) is 1. The van der Waals surface area contributed by atoms with Crippen LogP contribution in [-0.4, -0.2) is 27.9 Å². The highest BCUT2D eigenvalue weighted by Gasteiger charge is 2.50. The third-order valence-corrected chi connectivity index (χ3v) is 8.85. The zero-order valence-electron chi connectivity index (χ0n) is 21.9. The van der Waals surface area contributed by atoms with Gasteiger partial charge in [0.25, 0.3) is 0 Å². The van der Waals surface area contributed by atoms with Crippen molar-refractivity contribution in [3.05, 3.63) is 59.3 Å². The third kappa shape index (κ3) is 5.65. The highest BCUT2D eigenvalue weighted by molar-refractivity contribution is 5.80. The van der Waals surface area contributed by atoms with Gasteiger partial charge in [-0.3, -0.25) is 4.79 Å². The van der Waals surface area contributed by atoms with Crippen LogP contribution in [0, 0.1) is 18.3 Å². The van der Waals surface area contributed by atoms with Crippen LogP contribution in [0.4, 0.5) is 19.0 Å². The van der Waals surface area contributed by atoms with E-state index in [1.165, 1.54) is 12.8 Å². The highest BCUT2D eigenvalue weighted by atomic mass is 19.4. The van der Waals surface area contributed by atoms with Gasteiger partial charge in [0.2, 0.25) is 5.91 Å². The molecule has 1 aliphatic heterocycles. The van der Waals surface area contributed by atoms with E-state index < -0.39 is 11.7 Å². The first-order valence-corrected chi connectivity index (χ1v) is 13.9. The first-order chi connectivity index (χ1) is 17.7. The summed E-state index contributed by atoms with van der Waals surface area (Å²) in [7, 11) is 0. The van der Waals surface area contributed by atoms with Gasteiger partial charge in [0, 0.05) is 17.7 Å². The summed E-state index contributed by atoms with van der Waals surface area (Å²) < 4.78 is 40.6.